The van der Waals surface area contributed by atoms with Crippen LogP contribution in [0.4, 0.5) is 0 Å². The van der Waals surface area contributed by atoms with Crippen molar-refractivity contribution in [2.75, 3.05) is 6.26 Å². The summed E-state index contributed by atoms with van der Waals surface area (Å²) in [5, 5.41) is 8.86. The Bertz CT molecular complexity index is 629. The Morgan fingerprint density at radius 2 is 1.95 bits per heavy atom. The summed E-state index contributed by atoms with van der Waals surface area (Å²) in [7, 11) is 0. The monoisotopic (exact) mass is 273 g/mol. The molecule has 1 N–H and O–H groups in total. The van der Waals surface area contributed by atoms with Gasteiger partial charge in [-0.15, -0.1) is 16.9 Å². The lowest BCUT2D eigenvalue weighted by atomic mass is 10.1. The molecule has 0 bridgehead atoms. The van der Waals surface area contributed by atoms with Crippen LogP contribution in [0.5, 0.6) is 0 Å². The van der Waals surface area contributed by atoms with Crippen LogP contribution in [0.1, 0.15) is 23.8 Å². The lowest BCUT2D eigenvalue weighted by Crippen LogP contribution is -2.29. The highest BCUT2D eigenvalue weighted by molar-refractivity contribution is 7.98. The molecule has 3 rings (SSSR count). The second kappa shape index (κ2) is 4.70. The van der Waals surface area contributed by atoms with E-state index in [0.29, 0.717) is 0 Å². The summed E-state index contributed by atoms with van der Waals surface area (Å²) in [6.07, 6.45) is 2.02. The molecule has 6 heteroatoms. The first kappa shape index (κ1) is 12.2. The molecule has 2 heterocycles. The van der Waals surface area contributed by atoms with Crippen LogP contribution in [-0.2, 0) is 0 Å². The average Bonchev–Trinajstić information content (AvgIpc) is 2.86. The van der Waals surface area contributed by atoms with Gasteiger partial charge < -0.3 is 0 Å². The summed E-state index contributed by atoms with van der Waals surface area (Å²) in [6, 6.07) is 8.23. The zero-order valence-corrected chi connectivity index (χ0v) is 11.9. The van der Waals surface area contributed by atoms with Crippen LogP contribution in [0.25, 0.3) is 11.4 Å². The number of hydrogen-bond acceptors (Lipinski definition) is 5. The quantitative estimate of drug-likeness (QED) is 0.913. The number of aryl methyl sites for hydroxylation is 1. The number of thioether (sulfide) groups is 1. The highest BCUT2D eigenvalue weighted by Gasteiger charge is 2.23. The van der Waals surface area contributed by atoms with Gasteiger partial charge in [-0.1, -0.05) is 29.8 Å². The summed E-state index contributed by atoms with van der Waals surface area (Å²) in [5.74, 6) is 1.57. The van der Waals surface area contributed by atoms with Gasteiger partial charge in [0.15, 0.2) is 17.1 Å². The molecule has 5 nitrogen and oxygen atoms in total. The van der Waals surface area contributed by atoms with Crippen molar-refractivity contribution in [1.82, 2.24) is 20.2 Å². The Kier molecular flexibility index (Phi) is 3.02. The van der Waals surface area contributed by atoms with E-state index in [1.54, 1.807) is 11.8 Å². The average molecular weight is 273 g/mol. The number of rotatable bonds is 2. The zero-order chi connectivity index (χ0) is 13.4. The molecule has 1 atom stereocenters. The smallest absolute Gasteiger partial charge is 0.185 e. The molecule has 0 spiro atoms. The molecule has 1 aliphatic rings. The number of hydrogen-bond donors (Lipinski definition) is 1. The van der Waals surface area contributed by atoms with Crippen molar-refractivity contribution in [3.63, 3.8) is 0 Å². The summed E-state index contributed by atoms with van der Waals surface area (Å²) in [4.78, 5) is 4.60. The van der Waals surface area contributed by atoms with Gasteiger partial charge in [0.05, 0.1) is 0 Å². The SMILES string of the molecule is CSC1NN=C(C)c2nc(-c3ccc(C)cc3)nn21. The van der Waals surface area contributed by atoms with Crippen LogP contribution in [0.2, 0.25) is 0 Å². The molecule has 1 aliphatic heterocycles. The molecule has 19 heavy (non-hydrogen) atoms. The van der Waals surface area contributed by atoms with E-state index in [1.807, 2.05) is 30.0 Å². The van der Waals surface area contributed by atoms with Gasteiger partial charge in [-0.2, -0.15) is 5.10 Å². The fraction of sp³-hybridized carbons (Fsp3) is 0.308. The zero-order valence-electron chi connectivity index (χ0n) is 11.1. The highest BCUT2D eigenvalue weighted by atomic mass is 32.2. The number of hydrazone groups is 1. The van der Waals surface area contributed by atoms with E-state index in [4.69, 9.17) is 0 Å². The van der Waals surface area contributed by atoms with Crippen molar-refractivity contribution < 1.29 is 0 Å². The van der Waals surface area contributed by atoms with E-state index in [-0.39, 0.29) is 5.50 Å². The number of nitrogens with one attached hydrogen (secondary N) is 1. The third-order valence-corrected chi connectivity index (χ3v) is 3.80. The molecule has 98 valence electrons. The van der Waals surface area contributed by atoms with Gasteiger partial charge in [-0.05, 0) is 20.1 Å². The van der Waals surface area contributed by atoms with E-state index < -0.39 is 0 Å². The van der Waals surface area contributed by atoms with E-state index in [1.165, 1.54) is 5.56 Å². The van der Waals surface area contributed by atoms with Crippen LogP contribution in [0, 0.1) is 6.92 Å². The Labute approximate surface area is 116 Å². The first-order chi connectivity index (χ1) is 9.19. The minimum absolute atomic E-state index is 0.00500. The number of benzene rings is 1. The van der Waals surface area contributed by atoms with Crippen LogP contribution < -0.4 is 5.43 Å². The second-order valence-corrected chi connectivity index (χ2v) is 5.40. The van der Waals surface area contributed by atoms with Crippen molar-refractivity contribution in [2.45, 2.75) is 19.3 Å². The van der Waals surface area contributed by atoms with Gasteiger partial charge >= 0.3 is 0 Å². The maximum Gasteiger partial charge on any atom is 0.185 e. The molecular formula is C13H15N5S. The maximum atomic E-state index is 4.60. The van der Waals surface area contributed by atoms with E-state index in [2.05, 4.69) is 39.7 Å². The summed E-state index contributed by atoms with van der Waals surface area (Å²) in [5.41, 5.74) is 6.18. The fourth-order valence-corrected chi connectivity index (χ4v) is 2.47. The van der Waals surface area contributed by atoms with Crippen molar-refractivity contribution in [3.05, 3.63) is 35.7 Å². The third kappa shape index (κ3) is 2.12. The minimum Gasteiger partial charge on any atom is -0.276 e. The van der Waals surface area contributed by atoms with Gasteiger partial charge in [-0.25, -0.2) is 9.67 Å². The molecule has 0 fully saturated rings. The molecule has 0 amide bonds. The Morgan fingerprint density at radius 1 is 1.21 bits per heavy atom. The standard InChI is InChI=1S/C13H15N5S/c1-8-4-6-10(7-5-8)11-14-12-9(2)15-16-13(19-3)18(12)17-11/h4-7,13,16H,1-3H3. The lowest BCUT2D eigenvalue weighted by Gasteiger charge is -2.20. The maximum absolute atomic E-state index is 4.60. The predicted molar refractivity (Wildman–Crippen MR) is 78.1 cm³/mol. The molecular weight excluding hydrogens is 258 g/mol. The predicted octanol–water partition coefficient (Wildman–Crippen LogP) is 2.40. The molecule has 0 saturated heterocycles. The molecule has 1 unspecified atom stereocenters. The first-order valence-electron chi connectivity index (χ1n) is 6.05. The van der Waals surface area contributed by atoms with E-state index in [9.17, 15) is 0 Å². The summed E-state index contributed by atoms with van der Waals surface area (Å²) < 4.78 is 1.89. The lowest BCUT2D eigenvalue weighted by molar-refractivity contribution is 0.493. The summed E-state index contributed by atoms with van der Waals surface area (Å²) >= 11 is 1.64. The van der Waals surface area contributed by atoms with Gasteiger partial charge in [0.2, 0.25) is 0 Å². The highest BCUT2D eigenvalue weighted by Crippen LogP contribution is 2.24. The Hall–Kier alpha value is -1.82. The van der Waals surface area contributed by atoms with Crippen LogP contribution in [0.3, 0.4) is 0 Å². The van der Waals surface area contributed by atoms with Crippen molar-refractivity contribution >= 4 is 17.5 Å². The topological polar surface area (TPSA) is 55.1 Å². The van der Waals surface area contributed by atoms with E-state index >= 15 is 0 Å². The molecule has 0 saturated carbocycles. The van der Waals surface area contributed by atoms with Crippen LogP contribution in [-0.4, -0.2) is 26.7 Å². The normalized spacial score (nSPS) is 17.6. The largest absolute Gasteiger partial charge is 0.276 e. The molecule has 0 radical (unpaired) electrons. The third-order valence-electron chi connectivity index (χ3n) is 3.05. The van der Waals surface area contributed by atoms with Crippen molar-refractivity contribution in [2.24, 2.45) is 5.10 Å². The molecule has 1 aromatic carbocycles. The minimum atomic E-state index is 0.00500. The van der Waals surface area contributed by atoms with E-state index in [0.717, 1.165) is 22.9 Å². The van der Waals surface area contributed by atoms with Crippen molar-refractivity contribution in [3.8, 4) is 11.4 Å². The Morgan fingerprint density at radius 3 is 2.63 bits per heavy atom. The van der Waals surface area contributed by atoms with Gasteiger partial charge in [0.25, 0.3) is 0 Å². The van der Waals surface area contributed by atoms with Gasteiger partial charge in [-0.3, -0.25) is 5.43 Å². The number of fused-ring (bicyclic) bond motifs is 1. The number of aromatic nitrogens is 3. The first-order valence-corrected chi connectivity index (χ1v) is 7.34. The number of nitrogens with zero attached hydrogens (tertiary/aromatic N) is 4. The van der Waals surface area contributed by atoms with Gasteiger partial charge in [0, 0.05) is 5.56 Å². The van der Waals surface area contributed by atoms with Crippen LogP contribution in [0.15, 0.2) is 29.4 Å². The fourth-order valence-electron chi connectivity index (χ4n) is 1.97. The second-order valence-electron chi connectivity index (χ2n) is 4.48. The summed E-state index contributed by atoms with van der Waals surface area (Å²) in [6.45, 7) is 4.00. The molecule has 0 aliphatic carbocycles. The van der Waals surface area contributed by atoms with Gasteiger partial charge in [0.1, 0.15) is 5.71 Å². The molecule has 2 aromatic rings. The van der Waals surface area contributed by atoms with Crippen LogP contribution >= 0.6 is 11.8 Å². The Balaban J connectivity index is 2.06. The molecule has 1 aromatic heterocycles. The van der Waals surface area contributed by atoms with Crippen molar-refractivity contribution in [1.29, 1.82) is 0 Å².